The van der Waals surface area contributed by atoms with Crippen molar-refractivity contribution in [3.05, 3.63) is 0 Å². The van der Waals surface area contributed by atoms with Crippen LogP contribution in [0.5, 0.6) is 0 Å². The van der Waals surface area contributed by atoms with Crippen LogP contribution in [0.15, 0.2) is 0 Å². The summed E-state index contributed by atoms with van der Waals surface area (Å²) < 4.78 is 45.0. The molecular formula is C8H10F3NO5. The normalized spacial score (nSPS) is 22.0. The number of morpholine rings is 1. The highest BCUT2D eigenvalue weighted by Crippen LogP contribution is 2.18. The second-order valence-electron chi connectivity index (χ2n) is 3.15. The number of carbonyl (C=O) groups is 2. The minimum absolute atomic E-state index is 0.0368. The van der Waals surface area contributed by atoms with Gasteiger partial charge in [0.05, 0.1) is 26.8 Å². The van der Waals surface area contributed by atoms with Crippen LogP contribution in [0.2, 0.25) is 0 Å². The molecule has 0 N–H and O–H groups in total. The van der Waals surface area contributed by atoms with Gasteiger partial charge in [-0.1, -0.05) is 0 Å². The van der Waals surface area contributed by atoms with Gasteiger partial charge in [0.15, 0.2) is 6.10 Å². The molecule has 1 fully saturated rings. The first-order valence-corrected chi connectivity index (χ1v) is 4.58. The van der Waals surface area contributed by atoms with Gasteiger partial charge in [-0.15, -0.1) is 5.06 Å². The Labute approximate surface area is 94.2 Å². The Kier molecular flexibility index (Phi) is 4.29. The molecule has 0 saturated carbocycles. The molecular weight excluding hydrogens is 247 g/mol. The Morgan fingerprint density at radius 1 is 1.41 bits per heavy atom. The van der Waals surface area contributed by atoms with Crippen molar-refractivity contribution in [2.45, 2.75) is 12.3 Å². The predicted octanol–water partition coefficient (Wildman–Crippen LogP) is -0.119. The van der Waals surface area contributed by atoms with E-state index in [4.69, 9.17) is 4.74 Å². The quantitative estimate of drug-likeness (QED) is 0.643. The lowest BCUT2D eigenvalue weighted by Gasteiger charge is -2.29. The van der Waals surface area contributed by atoms with Crippen LogP contribution >= 0.6 is 0 Å². The fraction of sp³-hybridized carbons (Fsp3) is 0.750. The average molecular weight is 257 g/mol. The number of rotatable bonds is 2. The van der Waals surface area contributed by atoms with Crippen LogP contribution in [0.25, 0.3) is 0 Å². The molecule has 0 aromatic heterocycles. The molecule has 0 spiro atoms. The van der Waals surface area contributed by atoms with E-state index in [1.54, 1.807) is 0 Å². The van der Waals surface area contributed by atoms with Gasteiger partial charge >= 0.3 is 18.1 Å². The van der Waals surface area contributed by atoms with E-state index in [0.717, 1.165) is 12.2 Å². The van der Waals surface area contributed by atoms with E-state index < -0.39 is 24.2 Å². The lowest BCUT2D eigenvalue weighted by molar-refractivity contribution is -0.253. The lowest BCUT2D eigenvalue weighted by atomic mass is 10.3. The number of halogens is 3. The number of nitrogens with zero attached hydrogens (tertiary/aromatic N) is 1. The van der Waals surface area contributed by atoms with E-state index in [1.807, 2.05) is 0 Å². The maximum Gasteiger partial charge on any atom is 0.492 e. The molecule has 1 unspecified atom stereocenters. The zero-order valence-corrected chi connectivity index (χ0v) is 8.82. The first-order valence-electron chi connectivity index (χ1n) is 4.58. The highest BCUT2D eigenvalue weighted by atomic mass is 19.4. The molecule has 0 bridgehead atoms. The summed E-state index contributed by atoms with van der Waals surface area (Å²) in [4.78, 5) is 25.7. The van der Waals surface area contributed by atoms with Crippen molar-refractivity contribution >= 4 is 11.9 Å². The number of ether oxygens (including phenoxy) is 2. The van der Waals surface area contributed by atoms with Crippen LogP contribution in [-0.2, 0) is 23.9 Å². The molecule has 0 radical (unpaired) electrons. The van der Waals surface area contributed by atoms with Crippen LogP contribution < -0.4 is 0 Å². The highest BCUT2D eigenvalue weighted by Gasteiger charge is 2.43. The first-order chi connectivity index (χ1) is 7.84. The van der Waals surface area contributed by atoms with Gasteiger partial charge in [-0.2, -0.15) is 13.2 Å². The number of hydrogen-bond acceptors (Lipinski definition) is 6. The monoisotopic (exact) mass is 257 g/mol. The van der Waals surface area contributed by atoms with Crippen molar-refractivity contribution in [2.75, 3.05) is 26.8 Å². The van der Waals surface area contributed by atoms with E-state index >= 15 is 0 Å². The van der Waals surface area contributed by atoms with E-state index in [-0.39, 0.29) is 19.7 Å². The van der Waals surface area contributed by atoms with Crippen LogP contribution in [0, 0.1) is 0 Å². The van der Waals surface area contributed by atoms with Crippen LogP contribution in [0.3, 0.4) is 0 Å². The maximum atomic E-state index is 11.9. The third kappa shape index (κ3) is 3.86. The first kappa shape index (κ1) is 13.7. The molecule has 6 nitrogen and oxygen atoms in total. The Bertz CT molecular complexity index is 306. The van der Waals surface area contributed by atoms with Crippen molar-refractivity contribution in [1.82, 2.24) is 5.06 Å². The van der Waals surface area contributed by atoms with E-state index in [1.165, 1.54) is 0 Å². The fourth-order valence-corrected chi connectivity index (χ4v) is 1.15. The Morgan fingerprint density at radius 3 is 2.59 bits per heavy atom. The van der Waals surface area contributed by atoms with E-state index in [9.17, 15) is 22.8 Å². The fourth-order valence-electron chi connectivity index (χ4n) is 1.15. The summed E-state index contributed by atoms with van der Waals surface area (Å²) in [7, 11) is 1.12. The molecule has 98 valence electrons. The largest absolute Gasteiger partial charge is 0.492 e. The van der Waals surface area contributed by atoms with E-state index in [0.29, 0.717) is 0 Å². The van der Waals surface area contributed by atoms with Gasteiger partial charge in [-0.3, -0.25) is 0 Å². The van der Waals surface area contributed by atoms with Crippen molar-refractivity contribution in [3.63, 3.8) is 0 Å². The minimum atomic E-state index is -5.07. The number of hydrogen-bond donors (Lipinski definition) is 0. The Morgan fingerprint density at radius 2 is 2.06 bits per heavy atom. The smallest absolute Gasteiger partial charge is 0.467 e. The summed E-state index contributed by atoms with van der Waals surface area (Å²) in [5, 5.41) is 0.723. The maximum absolute atomic E-state index is 11.9. The van der Waals surface area contributed by atoms with Crippen LogP contribution in [-0.4, -0.2) is 56.1 Å². The SMILES string of the molecule is COC(=O)C1CN(OC(=O)C(F)(F)F)CCO1. The van der Waals surface area contributed by atoms with Crippen molar-refractivity contribution in [3.8, 4) is 0 Å². The summed E-state index contributed by atoms with van der Waals surface area (Å²) in [6.45, 7) is -0.380. The summed E-state index contributed by atoms with van der Waals surface area (Å²) in [5.41, 5.74) is 0. The third-order valence-corrected chi connectivity index (χ3v) is 1.94. The minimum Gasteiger partial charge on any atom is -0.467 e. The predicted molar refractivity (Wildman–Crippen MR) is 45.5 cm³/mol. The van der Waals surface area contributed by atoms with Crippen LogP contribution in [0.1, 0.15) is 0 Å². The molecule has 1 atom stereocenters. The number of esters is 1. The Hall–Kier alpha value is -1.35. The molecule has 0 amide bonds. The third-order valence-electron chi connectivity index (χ3n) is 1.94. The molecule has 0 aromatic carbocycles. The molecule has 1 aliphatic rings. The zero-order valence-electron chi connectivity index (χ0n) is 8.82. The number of methoxy groups -OCH3 is 1. The number of alkyl halides is 3. The second kappa shape index (κ2) is 5.32. The Balaban J connectivity index is 2.50. The molecule has 0 aromatic rings. The zero-order chi connectivity index (χ0) is 13.1. The lowest BCUT2D eigenvalue weighted by Crippen LogP contribution is -2.48. The van der Waals surface area contributed by atoms with Gasteiger partial charge in [0.25, 0.3) is 0 Å². The second-order valence-corrected chi connectivity index (χ2v) is 3.15. The number of hydroxylamine groups is 2. The van der Waals surface area contributed by atoms with Crippen molar-refractivity contribution in [2.24, 2.45) is 0 Å². The van der Waals surface area contributed by atoms with Crippen LogP contribution in [0.4, 0.5) is 13.2 Å². The summed E-state index contributed by atoms with van der Waals surface area (Å²) >= 11 is 0. The van der Waals surface area contributed by atoms with Gasteiger partial charge in [0.2, 0.25) is 0 Å². The highest BCUT2D eigenvalue weighted by molar-refractivity contribution is 5.76. The van der Waals surface area contributed by atoms with Gasteiger partial charge < -0.3 is 14.3 Å². The molecule has 1 heterocycles. The molecule has 1 saturated heterocycles. The number of carbonyl (C=O) groups excluding carboxylic acids is 2. The summed E-state index contributed by atoms with van der Waals surface area (Å²) in [6.07, 6.45) is -6.13. The standard InChI is InChI=1S/C8H10F3NO5/c1-15-6(13)5-4-12(2-3-16-5)17-7(14)8(9,10)11/h5H,2-4H2,1H3. The van der Waals surface area contributed by atoms with Gasteiger partial charge in [-0.25, -0.2) is 9.59 Å². The van der Waals surface area contributed by atoms with Crippen molar-refractivity contribution < 1.29 is 37.1 Å². The molecule has 1 aliphatic heterocycles. The summed E-state index contributed by atoms with van der Waals surface area (Å²) in [5.74, 6) is -3.07. The molecule has 1 rings (SSSR count). The topological polar surface area (TPSA) is 65.1 Å². The van der Waals surface area contributed by atoms with Crippen molar-refractivity contribution in [1.29, 1.82) is 0 Å². The summed E-state index contributed by atoms with van der Waals surface area (Å²) in [6, 6.07) is 0. The molecule has 0 aliphatic carbocycles. The molecule has 9 heteroatoms. The van der Waals surface area contributed by atoms with E-state index in [2.05, 4.69) is 9.57 Å². The molecule has 17 heavy (non-hydrogen) atoms. The van der Waals surface area contributed by atoms with Gasteiger partial charge in [-0.05, 0) is 0 Å². The van der Waals surface area contributed by atoms with Gasteiger partial charge in [0, 0.05) is 0 Å². The average Bonchev–Trinajstić information content (AvgIpc) is 2.27. The van der Waals surface area contributed by atoms with Gasteiger partial charge in [0.1, 0.15) is 0 Å².